The Morgan fingerprint density at radius 1 is 1.19 bits per heavy atom. The van der Waals surface area contributed by atoms with Gasteiger partial charge in [0, 0.05) is 17.9 Å². The fourth-order valence-electron chi connectivity index (χ4n) is 3.58. The molecule has 0 fully saturated rings. The van der Waals surface area contributed by atoms with Crippen LogP contribution in [0, 0.1) is 27.7 Å². The van der Waals surface area contributed by atoms with Crippen molar-refractivity contribution in [1.29, 1.82) is 0 Å². The number of hydroxylamine groups is 1. The summed E-state index contributed by atoms with van der Waals surface area (Å²) in [4.78, 5) is 17.0. The highest BCUT2D eigenvalue weighted by molar-refractivity contribution is 5.97. The van der Waals surface area contributed by atoms with E-state index in [4.69, 9.17) is 4.98 Å². The number of hydrogen-bond acceptors (Lipinski definition) is 4. The van der Waals surface area contributed by atoms with Gasteiger partial charge in [-0.2, -0.15) is 0 Å². The lowest BCUT2D eigenvalue weighted by molar-refractivity contribution is 0.0704. The van der Waals surface area contributed by atoms with Crippen molar-refractivity contribution in [2.75, 3.05) is 5.32 Å². The lowest BCUT2D eigenvalue weighted by atomic mass is 10.0. The zero-order valence-electron chi connectivity index (χ0n) is 16.5. The number of hydrogen-bond donors (Lipinski definition) is 3. The molecule has 0 atom stereocenters. The topological polar surface area (TPSA) is 78.7 Å². The van der Waals surface area contributed by atoms with E-state index >= 15 is 0 Å². The Morgan fingerprint density at radius 2 is 1.85 bits per heavy atom. The van der Waals surface area contributed by atoms with E-state index in [0.29, 0.717) is 18.5 Å². The van der Waals surface area contributed by atoms with E-state index in [1.807, 2.05) is 31.2 Å². The average molecular weight is 366 g/mol. The number of pyridine rings is 1. The molecule has 0 aliphatic heterocycles. The molecule has 142 valence electrons. The smallest absolute Gasteiger partial charge is 0.276 e. The van der Waals surface area contributed by atoms with E-state index in [1.165, 1.54) is 16.7 Å². The van der Waals surface area contributed by atoms with E-state index in [0.717, 1.165) is 28.4 Å². The fraction of sp³-hybridized carbons (Fsp3) is 0.333. The summed E-state index contributed by atoms with van der Waals surface area (Å²) in [6.07, 6.45) is 0.646. The molecule has 0 bridgehead atoms. The number of amides is 1. The fourth-order valence-corrected chi connectivity index (χ4v) is 3.58. The van der Waals surface area contributed by atoms with Crippen molar-refractivity contribution in [3.63, 3.8) is 0 Å². The minimum absolute atomic E-state index is 0.442. The van der Waals surface area contributed by atoms with Gasteiger partial charge >= 0.3 is 0 Å². The normalized spacial score (nSPS) is 11.0. The van der Waals surface area contributed by atoms with Crippen molar-refractivity contribution in [2.24, 2.45) is 0 Å². The van der Waals surface area contributed by atoms with Gasteiger partial charge in [0.05, 0.1) is 16.9 Å². The summed E-state index contributed by atoms with van der Waals surface area (Å²) in [6.45, 7) is 10.8. The highest BCUT2D eigenvalue weighted by Gasteiger charge is 2.20. The second kappa shape index (κ2) is 7.40. The lowest BCUT2D eigenvalue weighted by Gasteiger charge is -2.17. The van der Waals surface area contributed by atoms with Crippen molar-refractivity contribution in [3.05, 3.63) is 63.6 Å². The summed E-state index contributed by atoms with van der Waals surface area (Å²) >= 11 is 0. The Kier molecular flexibility index (Phi) is 5.19. The maximum absolute atomic E-state index is 12.3. The molecule has 2 aromatic heterocycles. The summed E-state index contributed by atoms with van der Waals surface area (Å²) in [7, 11) is 0. The third-order valence-electron chi connectivity index (χ3n) is 5.24. The molecule has 0 spiro atoms. The summed E-state index contributed by atoms with van der Waals surface area (Å²) in [6, 6.07) is 8.01. The largest absolute Gasteiger partial charge is 0.378 e. The zero-order valence-corrected chi connectivity index (χ0v) is 16.5. The summed E-state index contributed by atoms with van der Waals surface area (Å²) in [5.74, 6) is -0.519. The number of rotatable bonds is 5. The number of anilines is 1. The third-order valence-corrected chi connectivity index (χ3v) is 5.24. The standard InChI is InChI=1S/C21H26N4O2/c1-6-19-16(21(26)24-27)10-18(20-23-14(4)15(5)25(19)20)22-11-17-12(2)8-7-9-13(17)3/h7-10,22,27H,6,11H2,1-5H3,(H,24,26). The molecule has 1 aromatic carbocycles. The summed E-state index contributed by atoms with van der Waals surface area (Å²) in [5.41, 5.74) is 10.2. The molecule has 0 saturated carbocycles. The zero-order chi connectivity index (χ0) is 19.7. The lowest BCUT2D eigenvalue weighted by Crippen LogP contribution is -2.22. The molecule has 2 heterocycles. The Morgan fingerprint density at radius 3 is 2.44 bits per heavy atom. The monoisotopic (exact) mass is 366 g/mol. The van der Waals surface area contributed by atoms with Gasteiger partial charge < -0.3 is 5.32 Å². The maximum Gasteiger partial charge on any atom is 0.276 e. The Bertz CT molecular complexity index is 1000. The molecule has 3 aromatic rings. The Labute approximate surface area is 159 Å². The van der Waals surface area contributed by atoms with Crippen LogP contribution < -0.4 is 10.8 Å². The maximum atomic E-state index is 12.3. The van der Waals surface area contributed by atoms with E-state index in [-0.39, 0.29) is 0 Å². The number of benzene rings is 1. The quantitative estimate of drug-likeness (QED) is 0.473. The molecule has 3 rings (SSSR count). The van der Waals surface area contributed by atoms with Crippen molar-refractivity contribution in [1.82, 2.24) is 14.9 Å². The number of imidazole rings is 1. The number of nitrogens with zero attached hydrogens (tertiary/aromatic N) is 2. The predicted octanol–water partition coefficient (Wildman–Crippen LogP) is 3.86. The second-order valence-corrected chi connectivity index (χ2v) is 6.88. The Balaban J connectivity index is 2.14. The summed E-state index contributed by atoms with van der Waals surface area (Å²) < 4.78 is 2.01. The molecule has 0 saturated heterocycles. The van der Waals surface area contributed by atoms with E-state index in [1.54, 1.807) is 11.5 Å². The molecule has 3 N–H and O–H groups in total. The van der Waals surface area contributed by atoms with Crippen LogP contribution in [0.3, 0.4) is 0 Å². The second-order valence-electron chi connectivity index (χ2n) is 6.88. The first kappa shape index (κ1) is 18.9. The van der Waals surface area contributed by atoms with Gasteiger partial charge in [-0.3, -0.25) is 14.4 Å². The van der Waals surface area contributed by atoms with Gasteiger partial charge in [-0.05, 0) is 56.9 Å². The summed E-state index contributed by atoms with van der Waals surface area (Å²) in [5, 5.41) is 12.6. The Hall–Kier alpha value is -2.86. The van der Waals surface area contributed by atoms with Crippen LogP contribution in [0.1, 0.15) is 51.1 Å². The van der Waals surface area contributed by atoms with Crippen molar-refractivity contribution in [2.45, 2.75) is 47.6 Å². The number of aromatic nitrogens is 2. The molecule has 0 radical (unpaired) electrons. The van der Waals surface area contributed by atoms with Crippen LogP contribution in [-0.2, 0) is 13.0 Å². The molecule has 0 aliphatic rings. The van der Waals surface area contributed by atoms with Gasteiger partial charge in [0.1, 0.15) is 0 Å². The molecule has 27 heavy (non-hydrogen) atoms. The molecular formula is C21H26N4O2. The van der Waals surface area contributed by atoms with Gasteiger partial charge in [0.25, 0.3) is 5.91 Å². The first-order chi connectivity index (χ1) is 12.9. The molecule has 0 unspecified atom stereocenters. The van der Waals surface area contributed by atoms with Crippen LogP contribution in [0.25, 0.3) is 5.65 Å². The minimum atomic E-state index is -0.519. The number of carbonyl (C=O) groups excluding carboxylic acids is 1. The van der Waals surface area contributed by atoms with Crippen molar-refractivity contribution < 1.29 is 10.0 Å². The van der Waals surface area contributed by atoms with E-state index < -0.39 is 5.91 Å². The van der Waals surface area contributed by atoms with Gasteiger partial charge in [-0.15, -0.1) is 0 Å². The van der Waals surface area contributed by atoms with Crippen LogP contribution in [0.2, 0.25) is 0 Å². The molecule has 0 aliphatic carbocycles. The van der Waals surface area contributed by atoms with Crippen molar-refractivity contribution >= 4 is 17.2 Å². The van der Waals surface area contributed by atoms with E-state index in [9.17, 15) is 10.0 Å². The molecule has 1 amide bonds. The van der Waals surface area contributed by atoms with Gasteiger partial charge in [-0.25, -0.2) is 10.5 Å². The van der Waals surface area contributed by atoms with Gasteiger partial charge in [0.2, 0.25) is 0 Å². The van der Waals surface area contributed by atoms with Crippen LogP contribution in [0.15, 0.2) is 24.3 Å². The number of aryl methyl sites for hydroxylation is 5. The van der Waals surface area contributed by atoms with Gasteiger partial charge in [0.15, 0.2) is 5.65 Å². The highest BCUT2D eigenvalue weighted by Crippen LogP contribution is 2.27. The number of carbonyl (C=O) groups is 1. The number of nitrogens with one attached hydrogen (secondary N) is 2. The molecule has 6 nitrogen and oxygen atoms in total. The predicted molar refractivity (Wildman–Crippen MR) is 107 cm³/mol. The average Bonchev–Trinajstić information content (AvgIpc) is 2.95. The first-order valence-electron chi connectivity index (χ1n) is 9.13. The van der Waals surface area contributed by atoms with Crippen LogP contribution in [-0.4, -0.2) is 20.5 Å². The third kappa shape index (κ3) is 3.28. The molecular weight excluding hydrogens is 340 g/mol. The molecule has 6 heteroatoms. The SMILES string of the molecule is CCc1c(C(=O)NO)cc(NCc2c(C)cccc2C)c2nc(C)c(C)n12. The first-order valence-corrected chi connectivity index (χ1v) is 9.13. The van der Waals surface area contributed by atoms with E-state index in [2.05, 4.69) is 31.3 Å². The highest BCUT2D eigenvalue weighted by atomic mass is 16.5. The van der Waals surface area contributed by atoms with Crippen molar-refractivity contribution in [3.8, 4) is 0 Å². The van der Waals surface area contributed by atoms with Crippen LogP contribution >= 0.6 is 0 Å². The number of fused-ring (bicyclic) bond motifs is 1. The van der Waals surface area contributed by atoms with Gasteiger partial charge in [-0.1, -0.05) is 25.1 Å². The van der Waals surface area contributed by atoms with Crippen LogP contribution in [0.5, 0.6) is 0 Å². The van der Waals surface area contributed by atoms with Crippen LogP contribution in [0.4, 0.5) is 5.69 Å². The minimum Gasteiger partial charge on any atom is -0.378 e.